The highest BCUT2D eigenvalue weighted by molar-refractivity contribution is 7.80. The highest BCUT2D eigenvalue weighted by Crippen LogP contribution is 1.80. The van der Waals surface area contributed by atoms with Crippen molar-refractivity contribution in [3.8, 4) is 0 Å². The summed E-state index contributed by atoms with van der Waals surface area (Å²) in [7, 11) is 0. The molecule has 0 aromatic rings. The first-order valence-electron chi connectivity index (χ1n) is 1.77. The van der Waals surface area contributed by atoms with Crippen molar-refractivity contribution in [2.24, 2.45) is 5.73 Å². The van der Waals surface area contributed by atoms with Crippen LogP contribution in [0.3, 0.4) is 0 Å². The van der Waals surface area contributed by atoms with Crippen molar-refractivity contribution in [3.05, 3.63) is 0 Å². The summed E-state index contributed by atoms with van der Waals surface area (Å²) in [5.74, 6) is -0.815. The maximum Gasteiger partial charge on any atom is 0.321 e. The van der Waals surface area contributed by atoms with Crippen LogP contribution in [0.25, 0.3) is 0 Å². The van der Waals surface area contributed by atoms with Crippen LogP contribution in [0.1, 0.15) is 0 Å². The number of thiol groups is 1. The molecule has 0 spiro atoms. The third-order valence-corrected chi connectivity index (χ3v) is 0.907. The molecule has 0 heterocycles. The van der Waals surface area contributed by atoms with Gasteiger partial charge in [0.15, 0.2) is 0 Å². The second-order valence-electron chi connectivity index (χ2n) is 1.13. The average Bonchev–Trinajstić information content (AvgIpc) is 1.65. The molecule has 1 unspecified atom stereocenters. The molecule has 2 atom stereocenters. The summed E-state index contributed by atoms with van der Waals surface area (Å²) in [5.41, 5.74) is 4.94. The zero-order valence-electron chi connectivity index (χ0n) is 4.37. The highest BCUT2D eigenvalue weighted by atomic mass is 32.1. The first-order chi connectivity index (χ1) is 3.18. The molecule has 0 rings (SSSR count). The van der Waals surface area contributed by atoms with E-state index in [-0.39, 0.29) is 15.7 Å². The van der Waals surface area contributed by atoms with Crippen LogP contribution in [0.15, 0.2) is 0 Å². The number of carboxylic acid groups (broad SMARTS) is 1. The van der Waals surface area contributed by atoms with E-state index in [1.54, 1.807) is 0 Å². The monoisotopic (exact) mass is 155 g/mol. The molecule has 0 saturated carbocycles. The Morgan fingerprint density at radius 1 is 1.88 bits per heavy atom. The normalized spacial score (nSPS) is 11.8. The predicted octanol–water partition coefficient (Wildman–Crippen LogP) is -0.614. The Labute approximate surface area is 56.7 Å². The van der Waals surface area contributed by atoms with Crippen molar-refractivity contribution in [1.29, 1.82) is 0 Å². The fraction of sp³-hybridized carbons (Fsp3) is 0.667. The van der Waals surface area contributed by atoms with Crippen molar-refractivity contribution in [2.45, 2.75) is 6.04 Å². The quantitative estimate of drug-likeness (QED) is 0.368. The van der Waals surface area contributed by atoms with E-state index in [0.29, 0.717) is 0 Å². The van der Waals surface area contributed by atoms with E-state index in [1.165, 1.54) is 0 Å². The number of rotatable bonds is 2. The third kappa shape index (κ3) is 4.37. The number of carbonyl (C=O) groups is 1. The molecule has 0 fully saturated rings. The van der Waals surface area contributed by atoms with Crippen LogP contribution >= 0.6 is 22.5 Å². The molecule has 0 bridgehead atoms. The van der Waals surface area contributed by atoms with Crippen molar-refractivity contribution in [3.63, 3.8) is 0 Å². The van der Waals surface area contributed by atoms with Crippen LogP contribution < -0.4 is 5.73 Å². The van der Waals surface area contributed by atoms with Crippen molar-refractivity contribution < 1.29 is 9.90 Å². The van der Waals surface area contributed by atoms with Crippen LogP contribution in [0, 0.1) is 0 Å². The van der Waals surface area contributed by atoms with Crippen LogP contribution in [0.2, 0.25) is 0 Å². The van der Waals surface area contributed by atoms with Crippen LogP contribution in [0.5, 0.6) is 0 Å². The molecular formula is C3H10NO2PS. The van der Waals surface area contributed by atoms with Crippen LogP contribution in [0.4, 0.5) is 0 Å². The number of nitrogens with two attached hydrogens (primary N) is 1. The van der Waals surface area contributed by atoms with Gasteiger partial charge in [-0.2, -0.15) is 22.5 Å². The van der Waals surface area contributed by atoms with E-state index in [2.05, 4.69) is 12.6 Å². The van der Waals surface area contributed by atoms with Gasteiger partial charge in [-0.15, -0.1) is 0 Å². The molecule has 50 valence electrons. The molecule has 0 aliphatic heterocycles. The first-order valence-corrected chi connectivity index (χ1v) is 2.41. The van der Waals surface area contributed by atoms with Crippen molar-refractivity contribution in [2.75, 3.05) is 5.75 Å². The van der Waals surface area contributed by atoms with E-state index in [1.807, 2.05) is 0 Å². The standard InChI is InChI=1S/C3H7NO2S.H3P/c4-2(1-7)3(5)6;/h2,7H,1,4H2,(H,5,6);1H3/t2-;/m0./s1. The van der Waals surface area contributed by atoms with Gasteiger partial charge in [0.1, 0.15) is 6.04 Å². The zero-order chi connectivity index (χ0) is 5.86. The molecule has 0 aliphatic rings. The van der Waals surface area contributed by atoms with Gasteiger partial charge >= 0.3 is 5.97 Å². The number of hydrogen-bond acceptors (Lipinski definition) is 3. The molecule has 5 heteroatoms. The summed E-state index contributed by atoms with van der Waals surface area (Å²) in [5, 5.41) is 8.01. The van der Waals surface area contributed by atoms with Gasteiger partial charge < -0.3 is 10.8 Å². The summed E-state index contributed by atoms with van der Waals surface area (Å²) in [6, 6.07) is -0.816. The summed E-state index contributed by atoms with van der Waals surface area (Å²) >= 11 is 3.65. The molecule has 0 amide bonds. The molecular weight excluding hydrogens is 145 g/mol. The molecule has 0 aromatic carbocycles. The van der Waals surface area contributed by atoms with E-state index in [9.17, 15) is 4.79 Å². The minimum Gasteiger partial charge on any atom is -0.480 e. The summed E-state index contributed by atoms with van der Waals surface area (Å²) < 4.78 is 0. The Morgan fingerprint density at radius 3 is 2.25 bits per heavy atom. The summed E-state index contributed by atoms with van der Waals surface area (Å²) in [4.78, 5) is 9.76. The Kier molecular flexibility index (Phi) is 7.40. The van der Waals surface area contributed by atoms with Crippen LogP contribution in [-0.2, 0) is 4.79 Å². The predicted molar refractivity (Wildman–Crippen MR) is 40.6 cm³/mol. The number of hydrogen-bond donors (Lipinski definition) is 3. The summed E-state index contributed by atoms with van der Waals surface area (Å²) in [6.07, 6.45) is 0. The van der Waals surface area contributed by atoms with Gasteiger partial charge in [0.05, 0.1) is 0 Å². The van der Waals surface area contributed by atoms with E-state index in [0.717, 1.165) is 0 Å². The minimum absolute atomic E-state index is 0. The number of aliphatic carboxylic acids is 1. The van der Waals surface area contributed by atoms with Crippen molar-refractivity contribution in [1.82, 2.24) is 0 Å². The molecule has 0 saturated heterocycles. The van der Waals surface area contributed by atoms with Crippen molar-refractivity contribution >= 4 is 28.5 Å². The van der Waals surface area contributed by atoms with E-state index < -0.39 is 12.0 Å². The lowest BCUT2D eigenvalue weighted by Crippen LogP contribution is -2.31. The Bertz CT molecular complexity index is 79.7. The maximum atomic E-state index is 9.76. The summed E-state index contributed by atoms with van der Waals surface area (Å²) in [6.45, 7) is 0. The lowest BCUT2D eigenvalue weighted by atomic mass is 10.4. The van der Waals surface area contributed by atoms with Gasteiger partial charge in [-0.05, 0) is 0 Å². The molecule has 0 aromatic heterocycles. The molecule has 3 nitrogen and oxygen atoms in total. The second kappa shape index (κ2) is 5.35. The third-order valence-electron chi connectivity index (χ3n) is 0.514. The van der Waals surface area contributed by atoms with Gasteiger partial charge in [-0.3, -0.25) is 4.79 Å². The molecule has 0 aliphatic carbocycles. The van der Waals surface area contributed by atoms with E-state index in [4.69, 9.17) is 10.8 Å². The zero-order valence-corrected chi connectivity index (χ0v) is 6.68. The van der Waals surface area contributed by atoms with Gasteiger partial charge in [-0.25, -0.2) is 0 Å². The molecule has 3 N–H and O–H groups in total. The highest BCUT2D eigenvalue weighted by Gasteiger charge is 2.06. The van der Waals surface area contributed by atoms with Gasteiger partial charge in [0, 0.05) is 5.75 Å². The minimum atomic E-state index is -1.00. The largest absolute Gasteiger partial charge is 0.480 e. The second-order valence-corrected chi connectivity index (χ2v) is 1.49. The smallest absolute Gasteiger partial charge is 0.321 e. The SMILES string of the molecule is N[C@@H](CS)C(=O)O.P. The van der Waals surface area contributed by atoms with E-state index >= 15 is 0 Å². The van der Waals surface area contributed by atoms with Crippen LogP contribution in [-0.4, -0.2) is 22.9 Å². The van der Waals surface area contributed by atoms with Gasteiger partial charge in [0.25, 0.3) is 0 Å². The maximum absolute atomic E-state index is 9.76. The Balaban J connectivity index is 0. The average molecular weight is 155 g/mol. The Morgan fingerprint density at radius 2 is 2.25 bits per heavy atom. The molecule has 8 heavy (non-hydrogen) atoms. The van der Waals surface area contributed by atoms with Gasteiger partial charge in [0.2, 0.25) is 0 Å². The fourth-order valence-electron chi connectivity index (χ4n) is 0.0781. The lowest BCUT2D eigenvalue weighted by molar-refractivity contribution is -0.137. The number of carboxylic acids is 1. The molecule has 0 radical (unpaired) electrons. The Hall–Kier alpha value is 0.210. The lowest BCUT2D eigenvalue weighted by Gasteiger charge is -1.96. The first kappa shape index (κ1) is 11.1. The topological polar surface area (TPSA) is 63.3 Å². The van der Waals surface area contributed by atoms with Gasteiger partial charge in [-0.1, -0.05) is 0 Å². The fourth-order valence-corrected chi connectivity index (χ4v) is 0.234.